The number of fused-ring (bicyclic) bond motifs is 2. The van der Waals surface area contributed by atoms with E-state index in [-0.39, 0.29) is 18.0 Å². The topological polar surface area (TPSA) is 77.1 Å². The van der Waals surface area contributed by atoms with Gasteiger partial charge in [0.05, 0.1) is 34.5 Å². The number of aryl methyl sites for hydroxylation is 1. The molecule has 1 unspecified atom stereocenters. The van der Waals surface area contributed by atoms with Gasteiger partial charge in [0, 0.05) is 18.3 Å². The maximum absolute atomic E-state index is 12.9. The molecule has 0 spiro atoms. The monoisotopic (exact) mass is 362 g/mol. The van der Waals surface area contributed by atoms with Crippen molar-refractivity contribution in [3.05, 3.63) is 59.8 Å². The molecule has 0 aliphatic heterocycles. The Morgan fingerprint density at radius 1 is 1.15 bits per heavy atom. The second-order valence-electron chi connectivity index (χ2n) is 6.98. The van der Waals surface area contributed by atoms with Gasteiger partial charge in [0.15, 0.2) is 5.65 Å². The lowest BCUT2D eigenvalue weighted by Gasteiger charge is -2.19. The molecule has 0 saturated carbocycles. The molecule has 7 nitrogen and oxygen atoms in total. The zero-order chi connectivity index (χ0) is 19.1. The van der Waals surface area contributed by atoms with E-state index in [9.17, 15) is 4.79 Å². The summed E-state index contributed by atoms with van der Waals surface area (Å²) >= 11 is 0. The summed E-state index contributed by atoms with van der Waals surface area (Å²) in [5.74, 6) is 0.651. The lowest BCUT2D eigenvalue weighted by atomic mass is 10.2. The zero-order valence-electron chi connectivity index (χ0n) is 15.8. The van der Waals surface area contributed by atoms with Gasteiger partial charge in [-0.3, -0.25) is 4.79 Å². The number of rotatable bonds is 4. The average molecular weight is 362 g/mol. The molecule has 27 heavy (non-hydrogen) atoms. The highest BCUT2D eigenvalue weighted by Crippen LogP contribution is 2.25. The SMILES string of the molecule is Cc1c(C(=O)NC(C)c2nc3ccccc3n2C(C)C)cnc2ccnn12. The minimum atomic E-state index is -0.250. The molecule has 0 aliphatic carbocycles. The minimum absolute atomic E-state index is 0.188. The van der Waals surface area contributed by atoms with Gasteiger partial charge in [0.1, 0.15) is 5.82 Å². The van der Waals surface area contributed by atoms with E-state index in [2.05, 4.69) is 39.9 Å². The molecule has 1 atom stereocenters. The van der Waals surface area contributed by atoms with Crippen LogP contribution in [0.25, 0.3) is 16.7 Å². The van der Waals surface area contributed by atoms with Crippen molar-refractivity contribution in [1.82, 2.24) is 29.5 Å². The number of nitrogens with one attached hydrogen (secondary N) is 1. The maximum atomic E-state index is 12.9. The molecular formula is C20H22N6O. The molecule has 138 valence electrons. The van der Waals surface area contributed by atoms with Crippen molar-refractivity contribution in [2.24, 2.45) is 0 Å². The van der Waals surface area contributed by atoms with Crippen LogP contribution in [0.4, 0.5) is 0 Å². The third-order valence-electron chi connectivity index (χ3n) is 4.78. The van der Waals surface area contributed by atoms with E-state index in [0.717, 1.165) is 28.2 Å². The van der Waals surface area contributed by atoms with Gasteiger partial charge in [-0.15, -0.1) is 0 Å². The summed E-state index contributed by atoms with van der Waals surface area (Å²) in [4.78, 5) is 21.9. The van der Waals surface area contributed by atoms with E-state index >= 15 is 0 Å². The van der Waals surface area contributed by atoms with E-state index < -0.39 is 0 Å². The molecule has 4 aromatic rings. The Labute approximate surface area is 157 Å². The Bertz CT molecular complexity index is 1140. The fraction of sp³-hybridized carbons (Fsp3) is 0.300. The van der Waals surface area contributed by atoms with Gasteiger partial charge in [-0.2, -0.15) is 5.10 Å². The number of nitrogens with zero attached hydrogens (tertiary/aromatic N) is 5. The van der Waals surface area contributed by atoms with Crippen molar-refractivity contribution < 1.29 is 4.79 Å². The van der Waals surface area contributed by atoms with Gasteiger partial charge in [0.25, 0.3) is 5.91 Å². The highest BCUT2D eigenvalue weighted by Gasteiger charge is 2.22. The summed E-state index contributed by atoms with van der Waals surface area (Å²) in [5, 5.41) is 7.29. The summed E-state index contributed by atoms with van der Waals surface area (Å²) in [7, 11) is 0. The fourth-order valence-corrected chi connectivity index (χ4v) is 3.46. The van der Waals surface area contributed by atoms with Crippen LogP contribution in [0.3, 0.4) is 0 Å². The molecule has 1 amide bonds. The van der Waals surface area contributed by atoms with E-state index in [0.29, 0.717) is 5.56 Å². The van der Waals surface area contributed by atoms with Crippen molar-refractivity contribution in [2.45, 2.75) is 39.8 Å². The number of amides is 1. The van der Waals surface area contributed by atoms with Crippen LogP contribution in [-0.4, -0.2) is 30.1 Å². The second kappa shape index (κ2) is 6.50. The summed E-state index contributed by atoms with van der Waals surface area (Å²) in [6.07, 6.45) is 3.27. The van der Waals surface area contributed by atoms with E-state index in [1.807, 2.05) is 38.1 Å². The Hall–Kier alpha value is -3.22. The van der Waals surface area contributed by atoms with Gasteiger partial charge < -0.3 is 9.88 Å². The highest BCUT2D eigenvalue weighted by molar-refractivity contribution is 5.95. The summed E-state index contributed by atoms with van der Waals surface area (Å²) in [5.41, 5.74) is 3.98. The van der Waals surface area contributed by atoms with E-state index in [1.54, 1.807) is 16.9 Å². The molecule has 3 aromatic heterocycles. The fourth-order valence-electron chi connectivity index (χ4n) is 3.46. The second-order valence-corrected chi connectivity index (χ2v) is 6.98. The van der Waals surface area contributed by atoms with Crippen molar-refractivity contribution in [3.63, 3.8) is 0 Å². The van der Waals surface area contributed by atoms with Crippen molar-refractivity contribution in [2.75, 3.05) is 0 Å². The normalized spacial score (nSPS) is 12.8. The maximum Gasteiger partial charge on any atom is 0.255 e. The van der Waals surface area contributed by atoms with Gasteiger partial charge in [0.2, 0.25) is 0 Å². The molecular weight excluding hydrogens is 340 g/mol. The van der Waals surface area contributed by atoms with E-state index in [4.69, 9.17) is 4.98 Å². The number of hydrogen-bond acceptors (Lipinski definition) is 4. The smallest absolute Gasteiger partial charge is 0.255 e. The number of hydrogen-bond donors (Lipinski definition) is 1. The first-order chi connectivity index (χ1) is 13.0. The minimum Gasteiger partial charge on any atom is -0.342 e. The first-order valence-corrected chi connectivity index (χ1v) is 9.04. The van der Waals surface area contributed by atoms with Crippen molar-refractivity contribution in [1.29, 1.82) is 0 Å². The van der Waals surface area contributed by atoms with E-state index in [1.165, 1.54) is 0 Å². The highest BCUT2D eigenvalue weighted by atomic mass is 16.1. The predicted molar refractivity (Wildman–Crippen MR) is 104 cm³/mol. The van der Waals surface area contributed by atoms with Gasteiger partial charge in [-0.25, -0.2) is 14.5 Å². The molecule has 1 aromatic carbocycles. The van der Waals surface area contributed by atoms with Crippen LogP contribution in [0.15, 0.2) is 42.7 Å². The quantitative estimate of drug-likeness (QED) is 0.603. The Morgan fingerprint density at radius 3 is 2.70 bits per heavy atom. The van der Waals surface area contributed by atoms with Crippen LogP contribution < -0.4 is 5.32 Å². The molecule has 4 rings (SSSR count). The molecule has 0 bridgehead atoms. The van der Waals surface area contributed by atoms with Crippen molar-refractivity contribution >= 4 is 22.6 Å². The lowest BCUT2D eigenvalue weighted by Crippen LogP contribution is -2.30. The van der Waals surface area contributed by atoms with Crippen LogP contribution in [0.5, 0.6) is 0 Å². The number of imidazole rings is 1. The third-order valence-corrected chi connectivity index (χ3v) is 4.78. The largest absolute Gasteiger partial charge is 0.342 e. The molecule has 0 saturated heterocycles. The number of carbonyl (C=O) groups excluding carboxylic acids is 1. The first kappa shape index (κ1) is 17.2. The summed E-state index contributed by atoms with van der Waals surface area (Å²) in [6, 6.07) is 9.82. The first-order valence-electron chi connectivity index (χ1n) is 9.04. The summed E-state index contributed by atoms with van der Waals surface area (Å²) < 4.78 is 3.84. The van der Waals surface area contributed by atoms with Gasteiger partial charge in [-0.05, 0) is 39.8 Å². The molecule has 3 heterocycles. The van der Waals surface area contributed by atoms with Gasteiger partial charge in [-0.1, -0.05) is 12.1 Å². The third kappa shape index (κ3) is 2.85. The van der Waals surface area contributed by atoms with Crippen LogP contribution in [0, 0.1) is 6.92 Å². The number of carbonyl (C=O) groups is 1. The van der Waals surface area contributed by atoms with Crippen LogP contribution >= 0.6 is 0 Å². The summed E-state index contributed by atoms with van der Waals surface area (Å²) in [6.45, 7) is 8.05. The molecule has 7 heteroatoms. The van der Waals surface area contributed by atoms with Crippen molar-refractivity contribution in [3.8, 4) is 0 Å². The van der Waals surface area contributed by atoms with Gasteiger partial charge >= 0.3 is 0 Å². The van der Waals surface area contributed by atoms with Crippen LogP contribution in [0.2, 0.25) is 0 Å². The Morgan fingerprint density at radius 2 is 1.93 bits per heavy atom. The standard InChI is InChI=1S/C20H22N6O/c1-12(2)25-17-8-6-5-7-16(17)24-19(25)13(3)23-20(27)15-11-21-18-9-10-22-26(18)14(15)4/h5-13H,1-4H3,(H,23,27). The molecule has 1 N–H and O–H groups in total. The number of aromatic nitrogens is 5. The molecule has 0 radical (unpaired) electrons. The zero-order valence-corrected chi connectivity index (χ0v) is 15.8. The number of para-hydroxylation sites is 2. The predicted octanol–water partition coefficient (Wildman–Crippen LogP) is 3.46. The Balaban J connectivity index is 1.68. The average Bonchev–Trinajstić information content (AvgIpc) is 3.26. The molecule has 0 fully saturated rings. The lowest BCUT2D eigenvalue weighted by molar-refractivity contribution is 0.0935. The number of benzene rings is 1. The Kier molecular flexibility index (Phi) is 4.14. The van der Waals surface area contributed by atoms with Crippen LogP contribution in [0.1, 0.15) is 54.7 Å². The van der Waals surface area contributed by atoms with Crippen LogP contribution in [-0.2, 0) is 0 Å². The molecule has 0 aliphatic rings.